The van der Waals surface area contributed by atoms with Gasteiger partial charge in [-0.2, -0.15) is 0 Å². The summed E-state index contributed by atoms with van der Waals surface area (Å²) in [6.45, 7) is 1.73. The quantitative estimate of drug-likeness (QED) is 0.759. The predicted octanol–water partition coefficient (Wildman–Crippen LogP) is 4.28. The minimum absolute atomic E-state index is 0.0588. The maximum atomic E-state index is 13.2. The number of ether oxygens (including phenoxy) is 2. The summed E-state index contributed by atoms with van der Waals surface area (Å²) in [6, 6.07) is 8.08. The van der Waals surface area contributed by atoms with Gasteiger partial charge < -0.3 is 9.47 Å². The Balaban J connectivity index is 1.37. The summed E-state index contributed by atoms with van der Waals surface area (Å²) in [6.07, 6.45) is 8.84. The molecule has 4 nitrogen and oxygen atoms in total. The molecule has 0 radical (unpaired) electrons. The molecule has 4 atom stereocenters. The standard InChI is InChI=1S/C22H26ClNO3/c23-15-7-5-14(6-8-15)19-12-26-22-17(21(19)25)9-10-20-18(22)11-24(13-27-20)16-3-1-2-4-16/h5-8,12,16-18,20,22H,1-4,9-11,13H2. The van der Waals surface area contributed by atoms with E-state index in [-0.39, 0.29) is 29.8 Å². The Morgan fingerprint density at radius 2 is 1.81 bits per heavy atom. The molecule has 2 saturated carbocycles. The van der Waals surface area contributed by atoms with Crippen molar-refractivity contribution in [3.8, 4) is 0 Å². The number of rotatable bonds is 2. The Hall–Kier alpha value is -1.36. The molecular weight excluding hydrogens is 362 g/mol. The lowest BCUT2D eigenvalue weighted by Crippen LogP contribution is -2.57. The van der Waals surface area contributed by atoms with Gasteiger partial charge in [0, 0.05) is 23.5 Å². The van der Waals surface area contributed by atoms with Crippen LogP contribution in [0.2, 0.25) is 5.02 Å². The van der Waals surface area contributed by atoms with Gasteiger partial charge >= 0.3 is 0 Å². The molecule has 4 unspecified atom stereocenters. The van der Waals surface area contributed by atoms with Crippen LogP contribution in [0.4, 0.5) is 0 Å². The Bertz CT molecular complexity index is 740. The summed E-state index contributed by atoms with van der Waals surface area (Å²) < 4.78 is 12.4. The van der Waals surface area contributed by atoms with E-state index in [4.69, 9.17) is 21.1 Å². The van der Waals surface area contributed by atoms with Crippen LogP contribution in [-0.2, 0) is 14.3 Å². The largest absolute Gasteiger partial charge is 0.496 e. The zero-order valence-corrected chi connectivity index (χ0v) is 16.2. The average molecular weight is 388 g/mol. The van der Waals surface area contributed by atoms with Gasteiger partial charge in [0.05, 0.1) is 30.6 Å². The molecule has 4 aliphatic rings. The van der Waals surface area contributed by atoms with Crippen molar-refractivity contribution in [1.29, 1.82) is 0 Å². The molecule has 1 aromatic rings. The van der Waals surface area contributed by atoms with E-state index in [0.717, 1.165) is 31.7 Å². The Morgan fingerprint density at radius 1 is 1.04 bits per heavy atom. The highest BCUT2D eigenvalue weighted by atomic mass is 35.5. The molecule has 5 rings (SSSR count). The van der Waals surface area contributed by atoms with Crippen LogP contribution in [0.5, 0.6) is 0 Å². The van der Waals surface area contributed by atoms with Crippen molar-refractivity contribution < 1.29 is 14.3 Å². The molecule has 0 bridgehead atoms. The summed E-state index contributed by atoms with van der Waals surface area (Å²) in [5, 5.41) is 0.674. The van der Waals surface area contributed by atoms with Crippen LogP contribution in [0, 0.1) is 11.8 Å². The van der Waals surface area contributed by atoms with Crippen LogP contribution in [-0.4, -0.2) is 42.2 Å². The molecule has 27 heavy (non-hydrogen) atoms. The number of ketones is 1. The lowest BCUT2D eigenvalue weighted by atomic mass is 9.71. The first-order valence-corrected chi connectivity index (χ1v) is 10.6. The van der Waals surface area contributed by atoms with Crippen LogP contribution in [0.15, 0.2) is 30.5 Å². The number of benzene rings is 1. The summed E-state index contributed by atoms with van der Waals surface area (Å²) in [5.41, 5.74) is 1.56. The molecule has 2 aliphatic carbocycles. The normalized spacial score (nSPS) is 34.6. The number of hydrogen-bond donors (Lipinski definition) is 0. The maximum Gasteiger partial charge on any atom is 0.173 e. The van der Waals surface area contributed by atoms with Gasteiger partial charge in [-0.05, 0) is 43.4 Å². The molecule has 0 spiro atoms. The van der Waals surface area contributed by atoms with Crippen molar-refractivity contribution in [2.24, 2.45) is 11.8 Å². The van der Waals surface area contributed by atoms with Gasteiger partial charge in [-0.25, -0.2) is 0 Å². The van der Waals surface area contributed by atoms with E-state index in [1.54, 1.807) is 6.26 Å². The second-order valence-corrected chi connectivity index (χ2v) is 8.83. The fraction of sp³-hybridized carbons (Fsp3) is 0.591. The van der Waals surface area contributed by atoms with E-state index < -0.39 is 0 Å². The van der Waals surface area contributed by atoms with Crippen molar-refractivity contribution in [3.05, 3.63) is 41.1 Å². The van der Waals surface area contributed by atoms with E-state index in [2.05, 4.69) is 4.90 Å². The highest BCUT2D eigenvalue weighted by Gasteiger charge is 2.49. The zero-order valence-electron chi connectivity index (χ0n) is 15.5. The van der Waals surface area contributed by atoms with Gasteiger partial charge in [0.2, 0.25) is 0 Å². The van der Waals surface area contributed by atoms with Gasteiger partial charge in [0.25, 0.3) is 0 Å². The molecule has 3 fully saturated rings. The molecule has 1 saturated heterocycles. The number of halogens is 1. The van der Waals surface area contributed by atoms with Crippen LogP contribution >= 0.6 is 11.6 Å². The Kier molecular flexibility index (Phi) is 4.75. The smallest absolute Gasteiger partial charge is 0.173 e. The summed E-state index contributed by atoms with van der Waals surface area (Å²) in [7, 11) is 0. The number of carbonyl (C=O) groups is 1. The summed E-state index contributed by atoms with van der Waals surface area (Å²) in [5.74, 6) is 0.434. The van der Waals surface area contributed by atoms with Crippen LogP contribution < -0.4 is 0 Å². The third-order valence-electron chi connectivity index (χ3n) is 6.90. The van der Waals surface area contributed by atoms with Crippen molar-refractivity contribution in [2.75, 3.05) is 13.3 Å². The molecule has 0 amide bonds. The van der Waals surface area contributed by atoms with Gasteiger partial charge in [-0.1, -0.05) is 36.6 Å². The number of hydrogen-bond acceptors (Lipinski definition) is 4. The number of carbonyl (C=O) groups excluding carboxylic acids is 1. The van der Waals surface area contributed by atoms with Gasteiger partial charge in [-0.3, -0.25) is 9.69 Å². The van der Waals surface area contributed by atoms with E-state index in [9.17, 15) is 4.79 Å². The molecule has 5 heteroatoms. The molecule has 2 aliphatic heterocycles. The predicted molar refractivity (Wildman–Crippen MR) is 104 cm³/mol. The Labute approximate surface area is 165 Å². The number of nitrogens with zero attached hydrogens (tertiary/aromatic N) is 1. The molecular formula is C22H26ClNO3. The van der Waals surface area contributed by atoms with Gasteiger partial charge in [0.1, 0.15) is 6.10 Å². The number of fused-ring (bicyclic) bond motifs is 3. The molecule has 0 aromatic heterocycles. The molecule has 0 N–H and O–H groups in total. The zero-order chi connectivity index (χ0) is 18.4. The van der Waals surface area contributed by atoms with Crippen LogP contribution in [0.1, 0.15) is 44.1 Å². The van der Waals surface area contributed by atoms with Crippen molar-refractivity contribution in [2.45, 2.75) is 56.8 Å². The highest BCUT2D eigenvalue weighted by molar-refractivity contribution is 6.30. The van der Waals surface area contributed by atoms with E-state index in [1.807, 2.05) is 24.3 Å². The van der Waals surface area contributed by atoms with E-state index >= 15 is 0 Å². The fourth-order valence-corrected chi connectivity index (χ4v) is 5.55. The number of allylic oxidation sites excluding steroid dienone is 1. The highest BCUT2D eigenvalue weighted by Crippen LogP contribution is 2.43. The van der Waals surface area contributed by atoms with Crippen molar-refractivity contribution >= 4 is 23.0 Å². The topological polar surface area (TPSA) is 38.8 Å². The first kappa shape index (κ1) is 17.7. The lowest BCUT2D eigenvalue weighted by molar-refractivity contribution is -0.176. The first-order chi connectivity index (χ1) is 13.2. The minimum atomic E-state index is -0.0611. The fourth-order valence-electron chi connectivity index (χ4n) is 5.42. The third kappa shape index (κ3) is 3.22. The monoisotopic (exact) mass is 387 g/mol. The third-order valence-corrected chi connectivity index (χ3v) is 7.15. The molecule has 2 heterocycles. The van der Waals surface area contributed by atoms with E-state index in [1.165, 1.54) is 25.7 Å². The minimum Gasteiger partial charge on any atom is -0.496 e. The van der Waals surface area contributed by atoms with Gasteiger partial charge in [-0.15, -0.1) is 0 Å². The second kappa shape index (κ2) is 7.23. The van der Waals surface area contributed by atoms with Gasteiger partial charge in [0.15, 0.2) is 5.78 Å². The lowest BCUT2D eigenvalue weighted by Gasteiger charge is -2.49. The first-order valence-electron chi connectivity index (χ1n) is 10.2. The average Bonchev–Trinajstić information content (AvgIpc) is 3.23. The number of Topliss-reactive ketones (excluding diaryl/α,β-unsaturated/α-hetero) is 1. The summed E-state index contributed by atoms with van der Waals surface area (Å²) >= 11 is 5.99. The SMILES string of the molecule is O=C1C(c2ccc(Cl)cc2)=COC2C1CCC1OCN(C3CCCC3)CC12. The maximum absolute atomic E-state index is 13.2. The van der Waals surface area contributed by atoms with Crippen LogP contribution in [0.3, 0.4) is 0 Å². The Morgan fingerprint density at radius 3 is 2.59 bits per heavy atom. The van der Waals surface area contributed by atoms with Crippen molar-refractivity contribution in [1.82, 2.24) is 4.90 Å². The summed E-state index contributed by atoms with van der Waals surface area (Å²) in [4.78, 5) is 15.7. The van der Waals surface area contributed by atoms with Crippen molar-refractivity contribution in [3.63, 3.8) is 0 Å². The second-order valence-electron chi connectivity index (χ2n) is 8.39. The van der Waals surface area contributed by atoms with E-state index in [0.29, 0.717) is 16.6 Å². The molecule has 1 aromatic carbocycles. The van der Waals surface area contributed by atoms with Crippen LogP contribution in [0.25, 0.3) is 5.57 Å². The molecule has 144 valence electrons.